The van der Waals surface area contributed by atoms with E-state index in [0.717, 1.165) is 38.5 Å². The molecule has 1 aromatic carbocycles. The van der Waals surface area contributed by atoms with E-state index < -0.39 is 5.54 Å². The smallest absolute Gasteiger partial charge is 0.261 e. The molecule has 4 rings (SSSR count). The van der Waals surface area contributed by atoms with Gasteiger partial charge in [0.05, 0.1) is 11.1 Å². The number of aromatic nitrogens is 2. The maximum Gasteiger partial charge on any atom is 0.261 e. The second kappa shape index (κ2) is 8.38. The molecule has 0 unspecified atom stereocenters. The first-order valence-corrected chi connectivity index (χ1v) is 10.6. The zero-order chi connectivity index (χ0) is 21.1. The number of imide groups is 1. The van der Waals surface area contributed by atoms with Crippen molar-refractivity contribution in [2.24, 2.45) is 0 Å². The van der Waals surface area contributed by atoms with Crippen LogP contribution in [0.1, 0.15) is 83.8 Å². The van der Waals surface area contributed by atoms with Crippen LogP contribution in [-0.4, -0.2) is 39.3 Å². The zero-order valence-corrected chi connectivity index (χ0v) is 17.1. The maximum atomic E-state index is 12.8. The third-order valence-corrected chi connectivity index (χ3v) is 5.96. The number of nitrogens with zero attached hydrogens (tertiary/aromatic N) is 3. The summed E-state index contributed by atoms with van der Waals surface area (Å²) < 4.78 is 5.17. The van der Waals surface area contributed by atoms with E-state index in [1.807, 2.05) is 0 Å². The highest BCUT2D eigenvalue weighted by atomic mass is 16.5. The van der Waals surface area contributed by atoms with Gasteiger partial charge in [0, 0.05) is 19.9 Å². The van der Waals surface area contributed by atoms with Crippen LogP contribution in [-0.2, 0) is 10.3 Å². The van der Waals surface area contributed by atoms with Gasteiger partial charge < -0.3 is 9.84 Å². The second-order valence-electron chi connectivity index (χ2n) is 8.09. The third kappa shape index (κ3) is 3.86. The van der Waals surface area contributed by atoms with Crippen LogP contribution >= 0.6 is 0 Å². The molecule has 8 nitrogen and oxygen atoms in total. The quantitative estimate of drug-likeness (QED) is 0.579. The van der Waals surface area contributed by atoms with E-state index >= 15 is 0 Å². The fourth-order valence-electron chi connectivity index (χ4n) is 4.40. The number of hydrogen-bond acceptors (Lipinski definition) is 6. The Kier molecular flexibility index (Phi) is 5.65. The molecule has 0 radical (unpaired) electrons. The summed E-state index contributed by atoms with van der Waals surface area (Å²) in [6, 6.07) is 6.80. The summed E-state index contributed by atoms with van der Waals surface area (Å²) in [4.78, 5) is 43.3. The lowest BCUT2D eigenvalue weighted by Crippen LogP contribution is -2.46. The highest BCUT2D eigenvalue weighted by molar-refractivity contribution is 6.21. The molecule has 158 valence electrons. The molecule has 0 bridgehead atoms. The molecule has 1 N–H and O–H groups in total. The molecule has 1 aromatic heterocycles. The van der Waals surface area contributed by atoms with Crippen molar-refractivity contribution in [2.45, 2.75) is 63.8 Å². The molecular formula is C22H26N4O4. The molecule has 3 amide bonds. The van der Waals surface area contributed by atoms with Crippen molar-refractivity contribution in [3.05, 3.63) is 47.1 Å². The predicted molar refractivity (Wildman–Crippen MR) is 108 cm³/mol. The number of rotatable bonds is 6. The van der Waals surface area contributed by atoms with Crippen molar-refractivity contribution in [1.82, 2.24) is 20.4 Å². The summed E-state index contributed by atoms with van der Waals surface area (Å²) >= 11 is 0. The molecule has 0 spiro atoms. The van der Waals surface area contributed by atoms with Crippen molar-refractivity contribution in [2.75, 3.05) is 6.54 Å². The molecule has 0 atom stereocenters. The predicted octanol–water partition coefficient (Wildman–Crippen LogP) is 3.12. The molecule has 2 aliphatic rings. The Morgan fingerprint density at radius 2 is 1.73 bits per heavy atom. The van der Waals surface area contributed by atoms with Crippen LogP contribution < -0.4 is 5.32 Å². The highest BCUT2D eigenvalue weighted by Crippen LogP contribution is 2.34. The SMILES string of the molecule is Cc1nc(C2(NC(=O)CCCN3C(=O)c4ccccc4C3=O)CCCCCC2)no1. The van der Waals surface area contributed by atoms with Crippen LogP contribution in [0.25, 0.3) is 0 Å². The highest BCUT2D eigenvalue weighted by Gasteiger charge is 2.39. The minimum Gasteiger partial charge on any atom is -0.343 e. The van der Waals surface area contributed by atoms with Gasteiger partial charge >= 0.3 is 0 Å². The first-order chi connectivity index (χ1) is 14.5. The lowest BCUT2D eigenvalue weighted by Gasteiger charge is -2.30. The number of amides is 3. The van der Waals surface area contributed by atoms with Gasteiger partial charge in [-0.05, 0) is 31.4 Å². The standard InChI is InChI=1S/C22H26N4O4/c1-15-23-21(25-30-15)22(12-6-2-3-7-13-22)24-18(27)11-8-14-26-19(28)16-9-4-5-10-17(16)20(26)29/h4-5,9-10H,2-3,6-8,11-14H2,1H3,(H,24,27). The fourth-order valence-corrected chi connectivity index (χ4v) is 4.40. The third-order valence-electron chi connectivity index (χ3n) is 5.96. The molecule has 2 aromatic rings. The Labute approximate surface area is 175 Å². The normalized spacial score (nSPS) is 18.2. The number of fused-ring (bicyclic) bond motifs is 1. The molecule has 8 heteroatoms. The van der Waals surface area contributed by atoms with E-state index in [-0.39, 0.29) is 30.7 Å². The first kappa shape index (κ1) is 20.3. The van der Waals surface area contributed by atoms with Gasteiger partial charge in [0.1, 0.15) is 5.54 Å². The average molecular weight is 410 g/mol. The number of nitrogens with one attached hydrogen (secondary N) is 1. The minimum atomic E-state index is -0.610. The van der Waals surface area contributed by atoms with Gasteiger partial charge in [-0.3, -0.25) is 19.3 Å². The second-order valence-corrected chi connectivity index (χ2v) is 8.09. The summed E-state index contributed by atoms with van der Waals surface area (Å²) in [5.41, 5.74) is 0.245. The van der Waals surface area contributed by atoms with Crippen LogP contribution in [0.5, 0.6) is 0 Å². The number of benzene rings is 1. The fraction of sp³-hybridized carbons (Fsp3) is 0.500. The largest absolute Gasteiger partial charge is 0.343 e. The summed E-state index contributed by atoms with van der Waals surface area (Å²) in [5, 5.41) is 7.25. The Hall–Kier alpha value is -3.03. The van der Waals surface area contributed by atoms with E-state index in [1.54, 1.807) is 31.2 Å². The lowest BCUT2D eigenvalue weighted by molar-refractivity contribution is -0.123. The Balaban J connectivity index is 1.38. The van der Waals surface area contributed by atoms with E-state index in [9.17, 15) is 14.4 Å². The molecule has 1 saturated carbocycles. The Bertz CT molecular complexity index is 925. The van der Waals surface area contributed by atoms with E-state index in [1.165, 1.54) is 4.90 Å². The van der Waals surface area contributed by atoms with Crippen LogP contribution in [0.4, 0.5) is 0 Å². The van der Waals surface area contributed by atoms with Crippen molar-refractivity contribution >= 4 is 17.7 Å². The van der Waals surface area contributed by atoms with Gasteiger partial charge in [0.15, 0.2) is 5.82 Å². The maximum absolute atomic E-state index is 12.8. The van der Waals surface area contributed by atoms with Gasteiger partial charge in [-0.15, -0.1) is 0 Å². The molecule has 2 heterocycles. The molecule has 1 aliphatic carbocycles. The molecule has 1 fully saturated rings. The van der Waals surface area contributed by atoms with E-state index in [2.05, 4.69) is 15.5 Å². The van der Waals surface area contributed by atoms with Crippen molar-refractivity contribution in [3.8, 4) is 0 Å². The summed E-state index contributed by atoms with van der Waals surface area (Å²) in [5.74, 6) is 0.303. The van der Waals surface area contributed by atoms with Gasteiger partial charge in [-0.2, -0.15) is 4.98 Å². The number of carbonyl (C=O) groups excluding carboxylic acids is 3. The number of aryl methyl sites for hydroxylation is 1. The van der Waals surface area contributed by atoms with Gasteiger partial charge in [-0.1, -0.05) is 43.0 Å². The first-order valence-electron chi connectivity index (χ1n) is 10.6. The Morgan fingerprint density at radius 1 is 1.10 bits per heavy atom. The van der Waals surface area contributed by atoms with Crippen LogP contribution in [0.3, 0.4) is 0 Å². The van der Waals surface area contributed by atoms with E-state index in [0.29, 0.717) is 29.3 Å². The molecule has 0 saturated heterocycles. The van der Waals surface area contributed by atoms with Crippen molar-refractivity contribution in [1.29, 1.82) is 0 Å². The topological polar surface area (TPSA) is 105 Å². The number of carbonyl (C=O) groups is 3. The molecular weight excluding hydrogens is 384 g/mol. The average Bonchev–Trinajstić information content (AvgIpc) is 3.17. The minimum absolute atomic E-state index is 0.129. The summed E-state index contributed by atoms with van der Waals surface area (Å²) in [6.45, 7) is 1.96. The van der Waals surface area contributed by atoms with Gasteiger partial charge in [0.25, 0.3) is 11.8 Å². The van der Waals surface area contributed by atoms with Crippen LogP contribution in [0.2, 0.25) is 0 Å². The summed E-state index contributed by atoms with van der Waals surface area (Å²) in [7, 11) is 0. The van der Waals surface area contributed by atoms with Gasteiger partial charge in [0.2, 0.25) is 11.8 Å². The van der Waals surface area contributed by atoms with Gasteiger partial charge in [-0.25, -0.2) is 0 Å². The number of hydrogen-bond donors (Lipinski definition) is 1. The van der Waals surface area contributed by atoms with Crippen molar-refractivity contribution in [3.63, 3.8) is 0 Å². The van der Waals surface area contributed by atoms with Crippen LogP contribution in [0, 0.1) is 6.92 Å². The molecule has 30 heavy (non-hydrogen) atoms. The monoisotopic (exact) mass is 410 g/mol. The van der Waals surface area contributed by atoms with Crippen LogP contribution in [0.15, 0.2) is 28.8 Å². The van der Waals surface area contributed by atoms with Crippen molar-refractivity contribution < 1.29 is 18.9 Å². The lowest BCUT2D eigenvalue weighted by atomic mass is 9.89. The zero-order valence-electron chi connectivity index (χ0n) is 17.1. The van der Waals surface area contributed by atoms with E-state index in [4.69, 9.17) is 4.52 Å². The summed E-state index contributed by atoms with van der Waals surface area (Å²) in [6.07, 6.45) is 6.38. The Morgan fingerprint density at radius 3 is 2.30 bits per heavy atom. The molecule has 1 aliphatic heterocycles.